The summed E-state index contributed by atoms with van der Waals surface area (Å²) in [6.07, 6.45) is 1.99. The quantitative estimate of drug-likeness (QED) is 0.858. The predicted octanol–water partition coefficient (Wildman–Crippen LogP) is 1.40. The van der Waals surface area contributed by atoms with Crippen molar-refractivity contribution < 1.29 is 9.18 Å². The van der Waals surface area contributed by atoms with Crippen LogP contribution in [0.3, 0.4) is 0 Å². The fourth-order valence-corrected chi connectivity index (χ4v) is 1.55. The Kier molecular flexibility index (Phi) is 4.48. The van der Waals surface area contributed by atoms with Crippen molar-refractivity contribution in [3.05, 3.63) is 35.6 Å². The SMILES string of the molecule is Cl.NC1(C(=O)NCCc2ccccc2F)CC1. The molecule has 0 heterocycles. The lowest BCUT2D eigenvalue weighted by molar-refractivity contribution is -0.123. The number of benzene rings is 1. The molecular weight excluding hydrogens is 243 g/mol. The van der Waals surface area contributed by atoms with Crippen LogP contribution in [-0.2, 0) is 11.2 Å². The van der Waals surface area contributed by atoms with Crippen LogP contribution in [0, 0.1) is 5.82 Å². The fourth-order valence-electron chi connectivity index (χ4n) is 1.55. The lowest BCUT2D eigenvalue weighted by atomic mass is 10.1. The van der Waals surface area contributed by atoms with Crippen LogP contribution in [0.4, 0.5) is 4.39 Å². The Balaban J connectivity index is 0.00000144. The minimum atomic E-state index is -0.644. The molecule has 3 nitrogen and oxygen atoms in total. The fraction of sp³-hybridized carbons (Fsp3) is 0.417. The van der Waals surface area contributed by atoms with Gasteiger partial charge in [0.15, 0.2) is 0 Å². The maximum Gasteiger partial charge on any atom is 0.240 e. The van der Waals surface area contributed by atoms with E-state index in [0.29, 0.717) is 18.5 Å². The molecule has 17 heavy (non-hydrogen) atoms. The van der Waals surface area contributed by atoms with Crippen molar-refractivity contribution >= 4 is 18.3 Å². The monoisotopic (exact) mass is 258 g/mol. The number of carbonyl (C=O) groups is 1. The Hall–Kier alpha value is -1.13. The van der Waals surface area contributed by atoms with Gasteiger partial charge in [-0.1, -0.05) is 18.2 Å². The van der Waals surface area contributed by atoms with E-state index in [9.17, 15) is 9.18 Å². The second kappa shape index (κ2) is 5.47. The van der Waals surface area contributed by atoms with Gasteiger partial charge in [-0.25, -0.2) is 4.39 Å². The number of amides is 1. The molecule has 0 saturated heterocycles. The molecule has 1 aromatic rings. The van der Waals surface area contributed by atoms with Crippen LogP contribution >= 0.6 is 12.4 Å². The molecule has 0 radical (unpaired) electrons. The Morgan fingerprint density at radius 3 is 2.65 bits per heavy atom. The van der Waals surface area contributed by atoms with E-state index in [4.69, 9.17) is 5.73 Å². The molecule has 0 aliphatic heterocycles. The molecular formula is C12H16ClFN2O. The number of carbonyl (C=O) groups excluding carboxylic acids is 1. The van der Waals surface area contributed by atoms with Crippen molar-refractivity contribution in [3.63, 3.8) is 0 Å². The minimum Gasteiger partial charge on any atom is -0.354 e. The maximum atomic E-state index is 13.2. The largest absolute Gasteiger partial charge is 0.354 e. The van der Waals surface area contributed by atoms with E-state index in [1.807, 2.05) is 0 Å². The third kappa shape index (κ3) is 3.41. The maximum absolute atomic E-state index is 13.2. The van der Waals surface area contributed by atoms with Crippen molar-refractivity contribution in [1.29, 1.82) is 0 Å². The first-order chi connectivity index (χ1) is 7.62. The van der Waals surface area contributed by atoms with E-state index in [2.05, 4.69) is 5.32 Å². The number of hydrogen-bond acceptors (Lipinski definition) is 2. The molecule has 3 N–H and O–H groups in total. The van der Waals surface area contributed by atoms with Crippen LogP contribution < -0.4 is 11.1 Å². The van der Waals surface area contributed by atoms with Gasteiger partial charge in [0.25, 0.3) is 0 Å². The molecule has 1 aliphatic rings. The lowest BCUT2D eigenvalue weighted by Crippen LogP contribution is -2.43. The summed E-state index contributed by atoms with van der Waals surface area (Å²) in [6, 6.07) is 6.57. The minimum absolute atomic E-state index is 0. The number of nitrogens with two attached hydrogens (primary N) is 1. The van der Waals surface area contributed by atoms with Crippen molar-refractivity contribution in [2.75, 3.05) is 6.54 Å². The second-order valence-electron chi connectivity index (χ2n) is 4.25. The van der Waals surface area contributed by atoms with Gasteiger partial charge in [0, 0.05) is 6.54 Å². The standard InChI is InChI=1S/C12H15FN2O.ClH/c13-10-4-2-1-3-9(10)5-8-15-11(16)12(14)6-7-12;/h1-4H,5-8,14H2,(H,15,16);1H. The summed E-state index contributed by atoms with van der Waals surface area (Å²) in [6.45, 7) is 0.429. The molecule has 0 spiro atoms. The number of nitrogens with one attached hydrogen (secondary N) is 1. The van der Waals surface area contributed by atoms with Crippen LogP contribution in [-0.4, -0.2) is 18.0 Å². The van der Waals surface area contributed by atoms with E-state index >= 15 is 0 Å². The van der Waals surface area contributed by atoms with E-state index in [1.165, 1.54) is 6.07 Å². The summed E-state index contributed by atoms with van der Waals surface area (Å²) in [5.41, 5.74) is 5.69. The van der Waals surface area contributed by atoms with E-state index in [1.54, 1.807) is 18.2 Å². The highest BCUT2D eigenvalue weighted by atomic mass is 35.5. The predicted molar refractivity (Wildman–Crippen MR) is 66.5 cm³/mol. The highest BCUT2D eigenvalue weighted by Crippen LogP contribution is 2.31. The Morgan fingerprint density at radius 2 is 2.06 bits per heavy atom. The zero-order chi connectivity index (χ0) is 11.6. The van der Waals surface area contributed by atoms with E-state index in [0.717, 1.165) is 12.8 Å². The van der Waals surface area contributed by atoms with Gasteiger partial charge in [0.2, 0.25) is 5.91 Å². The number of hydrogen-bond donors (Lipinski definition) is 2. The van der Waals surface area contributed by atoms with Crippen LogP contribution in [0.2, 0.25) is 0 Å². The zero-order valence-electron chi connectivity index (χ0n) is 9.41. The first kappa shape index (κ1) is 13.9. The topological polar surface area (TPSA) is 55.1 Å². The average Bonchev–Trinajstić information content (AvgIpc) is 3.01. The van der Waals surface area contributed by atoms with Crippen molar-refractivity contribution in [2.24, 2.45) is 5.73 Å². The van der Waals surface area contributed by atoms with Crippen molar-refractivity contribution in [2.45, 2.75) is 24.8 Å². The summed E-state index contributed by atoms with van der Waals surface area (Å²) in [5.74, 6) is -0.352. The molecule has 1 amide bonds. The normalized spacial score (nSPS) is 15.9. The van der Waals surface area contributed by atoms with Gasteiger partial charge in [0.05, 0.1) is 5.54 Å². The molecule has 0 bridgehead atoms. The smallest absolute Gasteiger partial charge is 0.240 e. The first-order valence-corrected chi connectivity index (χ1v) is 5.42. The van der Waals surface area contributed by atoms with Gasteiger partial charge in [-0.15, -0.1) is 12.4 Å². The molecule has 1 fully saturated rings. The van der Waals surface area contributed by atoms with Gasteiger partial charge in [0.1, 0.15) is 5.82 Å². The van der Waals surface area contributed by atoms with Gasteiger partial charge in [-0.3, -0.25) is 4.79 Å². The summed E-state index contributed by atoms with van der Waals surface area (Å²) in [5, 5.41) is 2.73. The summed E-state index contributed by atoms with van der Waals surface area (Å²) in [7, 11) is 0. The number of halogens is 2. The Bertz CT molecular complexity index is 407. The van der Waals surface area contributed by atoms with Crippen molar-refractivity contribution in [1.82, 2.24) is 5.32 Å². The van der Waals surface area contributed by atoms with Crippen LogP contribution in [0.1, 0.15) is 18.4 Å². The second-order valence-corrected chi connectivity index (χ2v) is 4.25. The molecule has 1 aliphatic carbocycles. The van der Waals surface area contributed by atoms with Crippen LogP contribution in [0.25, 0.3) is 0 Å². The molecule has 0 unspecified atom stereocenters. The van der Waals surface area contributed by atoms with Crippen LogP contribution in [0.15, 0.2) is 24.3 Å². The molecule has 0 aromatic heterocycles. The highest BCUT2D eigenvalue weighted by Gasteiger charge is 2.45. The Morgan fingerprint density at radius 1 is 1.41 bits per heavy atom. The van der Waals surface area contributed by atoms with Gasteiger partial charge in [-0.2, -0.15) is 0 Å². The third-order valence-corrected chi connectivity index (χ3v) is 2.88. The summed E-state index contributed by atoms with van der Waals surface area (Å²) in [4.78, 5) is 11.5. The van der Waals surface area contributed by atoms with Gasteiger partial charge in [-0.05, 0) is 30.9 Å². The summed E-state index contributed by atoms with van der Waals surface area (Å²) >= 11 is 0. The molecule has 2 rings (SSSR count). The first-order valence-electron chi connectivity index (χ1n) is 5.42. The summed E-state index contributed by atoms with van der Waals surface area (Å²) < 4.78 is 13.2. The van der Waals surface area contributed by atoms with Crippen LogP contribution in [0.5, 0.6) is 0 Å². The molecule has 1 aromatic carbocycles. The molecule has 94 valence electrons. The molecule has 0 atom stereocenters. The third-order valence-electron chi connectivity index (χ3n) is 2.88. The highest BCUT2D eigenvalue weighted by molar-refractivity contribution is 5.88. The van der Waals surface area contributed by atoms with E-state index in [-0.39, 0.29) is 24.1 Å². The molecule has 1 saturated carbocycles. The Labute approximate surface area is 106 Å². The van der Waals surface area contributed by atoms with Gasteiger partial charge >= 0.3 is 0 Å². The average molecular weight is 259 g/mol. The zero-order valence-corrected chi connectivity index (χ0v) is 10.2. The molecule has 5 heteroatoms. The number of rotatable bonds is 4. The van der Waals surface area contributed by atoms with E-state index < -0.39 is 5.54 Å². The lowest BCUT2D eigenvalue weighted by Gasteiger charge is -2.10. The van der Waals surface area contributed by atoms with Crippen molar-refractivity contribution in [3.8, 4) is 0 Å². The van der Waals surface area contributed by atoms with Gasteiger partial charge < -0.3 is 11.1 Å².